The van der Waals surface area contributed by atoms with E-state index in [1.165, 1.54) is 18.4 Å². The van der Waals surface area contributed by atoms with Crippen molar-refractivity contribution in [2.45, 2.75) is 6.92 Å². The van der Waals surface area contributed by atoms with Gasteiger partial charge in [0.15, 0.2) is 0 Å². The molecule has 0 aliphatic carbocycles. The average molecular weight is 522 g/mol. The van der Waals surface area contributed by atoms with Crippen molar-refractivity contribution in [2.24, 2.45) is 0 Å². The number of nitrogens with one attached hydrogen (secondary N) is 1. The molecule has 0 aliphatic heterocycles. The molecule has 0 saturated carbocycles. The second-order valence-corrected chi connectivity index (χ2v) is 9.34. The molecule has 0 radical (unpaired) electrons. The van der Waals surface area contributed by atoms with Crippen molar-refractivity contribution >= 4 is 72.3 Å². The van der Waals surface area contributed by atoms with Gasteiger partial charge in [0.05, 0.1) is 33.6 Å². The van der Waals surface area contributed by atoms with Crippen molar-refractivity contribution in [1.82, 2.24) is 4.98 Å². The third kappa shape index (κ3) is 4.05. The number of amides is 1. The highest BCUT2D eigenvalue weighted by Gasteiger charge is 2.21. The number of methoxy groups -OCH3 is 1. The summed E-state index contributed by atoms with van der Waals surface area (Å²) in [5.41, 5.74) is 3.21. The van der Waals surface area contributed by atoms with E-state index in [1.54, 1.807) is 18.2 Å². The van der Waals surface area contributed by atoms with Crippen LogP contribution in [0.1, 0.15) is 15.9 Å². The second-order valence-electron chi connectivity index (χ2n) is 6.55. The molecule has 4 rings (SSSR count). The van der Waals surface area contributed by atoms with Crippen molar-refractivity contribution in [1.29, 1.82) is 0 Å². The molecule has 1 aromatic heterocycles. The van der Waals surface area contributed by atoms with Gasteiger partial charge in [-0.05, 0) is 48.9 Å². The predicted octanol–water partition coefficient (Wildman–Crippen LogP) is 7.60. The largest absolute Gasteiger partial charge is 0.496 e. The summed E-state index contributed by atoms with van der Waals surface area (Å²) in [6, 6.07) is 14.8. The minimum atomic E-state index is -0.345. The van der Waals surface area contributed by atoms with Crippen LogP contribution >= 0.6 is 50.5 Å². The Morgan fingerprint density at radius 1 is 1.17 bits per heavy atom. The number of aromatic nitrogens is 1. The first-order valence-electron chi connectivity index (χ1n) is 8.88. The van der Waals surface area contributed by atoms with Gasteiger partial charge in [-0.2, -0.15) is 0 Å². The highest BCUT2D eigenvalue weighted by atomic mass is 79.9. The van der Waals surface area contributed by atoms with Crippen LogP contribution in [-0.4, -0.2) is 18.0 Å². The van der Waals surface area contributed by atoms with E-state index in [0.717, 1.165) is 20.3 Å². The maximum absolute atomic E-state index is 13.2. The number of halogens is 3. The van der Waals surface area contributed by atoms with E-state index in [0.29, 0.717) is 37.6 Å². The van der Waals surface area contributed by atoms with E-state index in [2.05, 4.69) is 26.2 Å². The van der Waals surface area contributed by atoms with Crippen LogP contribution in [0.3, 0.4) is 0 Å². The van der Waals surface area contributed by atoms with E-state index in [-0.39, 0.29) is 5.91 Å². The summed E-state index contributed by atoms with van der Waals surface area (Å²) < 4.78 is 7.26. The number of hydrogen-bond donors (Lipinski definition) is 1. The Hall–Kier alpha value is -2.12. The zero-order valence-electron chi connectivity index (χ0n) is 15.9. The summed E-state index contributed by atoms with van der Waals surface area (Å²) in [5.74, 6) is 0.158. The molecule has 4 nitrogen and oxygen atoms in total. The topological polar surface area (TPSA) is 51.2 Å². The van der Waals surface area contributed by atoms with Crippen molar-refractivity contribution in [3.63, 3.8) is 0 Å². The first-order valence-corrected chi connectivity index (χ1v) is 11.2. The maximum atomic E-state index is 13.2. The molecule has 30 heavy (non-hydrogen) atoms. The lowest BCUT2D eigenvalue weighted by molar-refractivity contribution is 0.102. The van der Waals surface area contributed by atoms with Gasteiger partial charge in [0, 0.05) is 15.1 Å². The Morgan fingerprint density at radius 2 is 1.93 bits per heavy atom. The molecule has 0 fully saturated rings. The first-order chi connectivity index (χ1) is 14.4. The first kappa shape index (κ1) is 21.1. The van der Waals surface area contributed by atoms with E-state index < -0.39 is 0 Å². The number of carbonyl (C=O) groups is 1. The molecule has 1 heterocycles. The van der Waals surface area contributed by atoms with Gasteiger partial charge in [-0.1, -0.05) is 51.3 Å². The van der Waals surface area contributed by atoms with Gasteiger partial charge in [-0.3, -0.25) is 4.79 Å². The Morgan fingerprint density at radius 3 is 2.67 bits per heavy atom. The third-order valence-corrected chi connectivity index (χ3v) is 6.55. The van der Waals surface area contributed by atoms with Gasteiger partial charge < -0.3 is 10.1 Å². The number of thiazole rings is 1. The van der Waals surface area contributed by atoms with Crippen molar-refractivity contribution < 1.29 is 9.53 Å². The van der Waals surface area contributed by atoms with Crippen molar-refractivity contribution in [2.75, 3.05) is 12.4 Å². The zero-order chi connectivity index (χ0) is 21.4. The Labute approximate surface area is 195 Å². The molecule has 0 bridgehead atoms. The number of benzene rings is 3. The number of carbonyl (C=O) groups excluding carboxylic acids is 1. The molecule has 0 spiro atoms. The molecular formula is C22H15BrCl2N2O2S. The Balaban J connectivity index is 1.81. The smallest absolute Gasteiger partial charge is 0.259 e. The number of fused-ring (bicyclic) bond motifs is 1. The molecule has 8 heteroatoms. The molecule has 0 unspecified atom stereocenters. The van der Waals surface area contributed by atoms with E-state index in [4.69, 9.17) is 27.9 Å². The highest BCUT2D eigenvalue weighted by Crippen LogP contribution is 2.41. The van der Waals surface area contributed by atoms with E-state index in [1.807, 2.05) is 37.3 Å². The number of nitrogens with zero attached hydrogens (tertiary/aromatic N) is 1. The Bertz CT molecular complexity index is 1260. The van der Waals surface area contributed by atoms with Crippen LogP contribution in [0.4, 0.5) is 5.69 Å². The van der Waals surface area contributed by atoms with Crippen LogP contribution < -0.4 is 10.1 Å². The van der Waals surface area contributed by atoms with Gasteiger partial charge >= 0.3 is 0 Å². The SMILES string of the molecule is COc1c(C)cc(Br)cc1C(=O)Nc1c(Cl)cc(Cl)cc1-c1nc2ccccc2s1. The van der Waals surface area contributed by atoms with E-state index >= 15 is 0 Å². The quantitative estimate of drug-likeness (QED) is 0.300. The summed E-state index contributed by atoms with van der Waals surface area (Å²) >= 11 is 17.7. The number of anilines is 1. The highest BCUT2D eigenvalue weighted by molar-refractivity contribution is 9.10. The fourth-order valence-corrected chi connectivity index (χ4v) is 5.31. The lowest BCUT2D eigenvalue weighted by Gasteiger charge is -2.15. The molecule has 1 N–H and O–H groups in total. The van der Waals surface area contributed by atoms with E-state index in [9.17, 15) is 4.79 Å². The molecular weight excluding hydrogens is 507 g/mol. The molecule has 0 aliphatic rings. The molecule has 152 valence electrons. The fourth-order valence-electron chi connectivity index (χ4n) is 3.21. The number of ether oxygens (including phenoxy) is 1. The van der Waals surface area contributed by atoms with Gasteiger partial charge in [0.2, 0.25) is 0 Å². The summed E-state index contributed by atoms with van der Waals surface area (Å²) in [6.45, 7) is 1.88. The van der Waals surface area contributed by atoms with Crippen molar-refractivity contribution in [3.05, 3.63) is 74.2 Å². The molecule has 0 atom stereocenters. The van der Waals surface area contributed by atoms with Crippen LogP contribution in [0, 0.1) is 6.92 Å². The minimum Gasteiger partial charge on any atom is -0.496 e. The fraction of sp³-hybridized carbons (Fsp3) is 0.0909. The maximum Gasteiger partial charge on any atom is 0.259 e. The normalized spacial score (nSPS) is 11.0. The summed E-state index contributed by atoms with van der Waals surface area (Å²) in [5, 5.41) is 4.44. The lowest BCUT2D eigenvalue weighted by Crippen LogP contribution is -2.15. The van der Waals surface area contributed by atoms with Gasteiger partial charge in [0.1, 0.15) is 10.8 Å². The predicted molar refractivity (Wildman–Crippen MR) is 128 cm³/mol. The standard InChI is InChI=1S/C22H15BrCl2N2O2S/c1-11-7-12(23)8-15(20(11)29-2)21(28)27-19-14(9-13(24)10-16(19)25)22-26-17-5-3-4-6-18(17)30-22/h3-10H,1-2H3,(H,27,28). The molecule has 0 saturated heterocycles. The average Bonchev–Trinajstić information content (AvgIpc) is 3.13. The van der Waals surface area contributed by atoms with Crippen LogP contribution in [0.15, 0.2) is 53.0 Å². The van der Waals surface area contributed by atoms with Gasteiger partial charge in [-0.25, -0.2) is 4.98 Å². The van der Waals surface area contributed by atoms with Crippen LogP contribution in [0.25, 0.3) is 20.8 Å². The van der Waals surface area contributed by atoms with Crippen LogP contribution in [0.5, 0.6) is 5.75 Å². The number of para-hydroxylation sites is 1. The summed E-state index contributed by atoms with van der Waals surface area (Å²) in [6.07, 6.45) is 0. The van der Waals surface area contributed by atoms with Gasteiger partial charge in [0.25, 0.3) is 5.91 Å². The zero-order valence-corrected chi connectivity index (χ0v) is 19.8. The minimum absolute atomic E-state index is 0.329. The van der Waals surface area contributed by atoms with Gasteiger partial charge in [-0.15, -0.1) is 11.3 Å². The van der Waals surface area contributed by atoms with Crippen molar-refractivity contribution in [3.8, 4) is 16.3 Å². The summed E-state index contributed by atoms with van der Waals surface area (Å²) in [4.78, 5) is 17.9. The molecule has 1 amide bonds. The molecule has 3 aromatic carbocycles. The van der Waals surface area contributed by atoms with Crippen LogP contribution in [-0.2, 0) is 0 Å². The number of aryl methyl sites for hydroxylation is 1. The number of rotatable bonds is 4. The third-order valence-electron chi connectivity index (χ3n) is 4.51. The summed E-state index contributed by atoms with van der Waals surface area (Å²) in [7, 11) is 1.54. The molecule has 4 aromatic rings. The Kier molecular flexibility index (Phi) is 6.02. The monoisotopic (exact) mass is 520 g/mol. The van der Waals surface area contributed by atoms with Crippen LogP contribution in [0.2, 0.25) is 10.0 Å². The second kappa shape index (κ2) is 8.55. The lowest BCUT2D eigenvalue weighted by atomic mass is 10.1. The number of hydrogen-bond acceptors (Lipinski definition) is 4.